The monoisotopic (exact) mass is 309 g/mol. The van der Waals surface area contributed by atoms with E-state index in [0.29, 0.717) is 28.9 Å². The highest BCUT2D eigenvalue weighted by Gasteiger charge is 2.58. The zero-order valence-corrected chi connectivity index (χ0v) is 13.0. The van der Waals surface area contributed by atoms with Gasteiger partial charge in [-0.3, -0.25) is 4.79 Å². The van der Waals surface area contributed by atoms with Crippen LogP contribution in [0.25, 0.3) is 10.4 Å². The topological polar surface area (TPSA) is 102 Å². The maximum absolute atomic E-state index is 12.4. The molecule has 6 nitrogen and oxygen atoms in total. The molecular formula is C17H19N5O. The Kier molecular flexibility index (Phi) is 4.22. The summed E-state index contributed by atoms with van der Waals surface area (Å²) in [6, 6.07) is 9.04. The van der Waals surface area contributed by atoms with E-state index >= 15 is 0 Å². The van der Waals surface area contributed by atoms with E-state index in [1.165, 1.54) is 0 Å². The van der Waals surface area contributed by atoms with E-state index in [1.54, 1.807) is 24.3 Å². The van der Waals surface area contributed by atoms with Gasteiger partial charge in [0.2, 0.25) is 0 Å². The minimum atomic E-state index is -0.0853. The zero-order valence-electron chi connectivity index (χ0n) is 13.0. The normalized spacial score (nSPS) is 28.9. The first kappa shape index (κ1) is 15.4. The molecule has 2 fully saturated rings. The number of nitrogens with zero attached hydrogens (tertiary/aromatic N) is 4. The number of benzene rings is 1. The number of hydrogen-bond acceptors (Lipinski definition) is 3. The van der Waals surface area contributed by atoms with Crippen molar-refractivity contribution in [2.75, 3.05) is 0 Å². The SMILES string of the molecule is CC[C@@H](NC(=O)c1ccc(C#N)cc1)[C@H]1[C@@H]2CC(N=[N+]=[N-])C[C@@H]21. The number of carbonyl (C=O) groups excluding carboxylic acids is 1. The second-order valence-corrected chi connectivity index (χ2v) is 6.41. The summed E-state index contributed by atoms with van der Waals surface area (Å²) in [6.45, 7) is 2.09. The minimum absolute atomic E-state index is 0.0853. The smallest absolute Gasteiger partial charge is 0.251 e. The molecule has 0 aromatic heterocycles. The Morgan fingerprint density at radius 1 is 1.43 bits per heavy atom. The Hall–Kier alpha value is -2.51. The van der Waals surface area contributed by atoms with Gasteiger partial charge in [-0.05, 0) is 66.8 Å². The van der Waals surface area contributed by atoms with Crippen molar-refractivity contribution in [3.05, 3.63) is 45.8 Å². The summed E-state index contributed by atoms with van der Waals surface area (Å²) in [5, 5.41) is 15.8. The van der Waals surface area contributed by atoms with Crippen molar-refractivity contribution in [2.45, 2.75) is 38.3 Å². The number of hydrogen-bond donors (Lipinski definition) is 1. The lowest BCUT2D eigenvalue weighted by atomic mass is 9.99. The highest BCUT2D eigenvalue weighted by atomic mass is 16.1. The average Bonchev–Trinajstić information content (AvgIpc) is 3.07. The maximum atomic E-state index is 12.4. The van der Waals surface area contributed by atoms with Crippen molar-refractivity contribution in [3.63, 3.8) is 0 Å². The summed E-state index contributed by atoms with van der Waals surface area (Å²) in [5.74, 6) is 1.58. The fourth-order valence-corrected chi connectivity index (χ4v) is 4.05. The van der Waals surface area contributed by atoms with Crippen LogP contribution in [0.1, 0.15) is 42.1 Å². The second-order valence-electron chi connectivity index (χ2n) is 6.41. The third-order valence-electron chi connectivity index (χ3n) is 5.20. The molecule has 1 aromatic carbocycles. The van der Waals surface area contributed by atoms with Crippen LogP contribution in [0.3, 0.4) is 0 Å². The van der Waals surface area contributed by atoms with Crippen molar-refractivity contribution < 1.29 is 4.79 Å². The predicted molar refractivity (Wildman–Crippen MR) is 85.3 cm³/mol. The molecule has 5 atom stereocenters. The Labute approximate surface area is 135 Å². The van der Waals surface area contributed by atoms with Crippen LogP contribution in [0.4, 0.5) is 0 Å². The van der Waals surface area contributed by atoms with Crippen LogP contribution < -0.4 is 5.32 Å². The molecule has 1 unspecified atom stereocenters. The van der Waals surface area contributed by atoms with Gasteiger partial charge in [0.25, 0.3) is 5.91 Å². The van der Waals surface area contributed by atoms with Crippen molar-refractivity contribution in [1.29, 1.82) is 5.26 Å². The number of amides is 1. The fraction of sp³-hybridized carbons (Fsp3) is 0.529. The summed E-state index contributed by atoms with van der Waals surface area (Å²) < 4.78 is 0. The molecule has 6 heteroatoms. The Bertz CT molecular complexity index is 674. The number of rotatable bonds is 5. The van der Waals surface area contributed by atoms with E-state index < -0.39 is 0 Å². The third-order valence-corrected chi connectivity index (χ3v) is 5.20. The van der Waals surface area contributed by atoms with E-state index in [0.717, 1.165) is 19.3 Å². The molecule has 1 N–H and O–H groups in total. The van der Waals surface area contributed by atoms with Crippen LogP contribution in [-0.4, -0.2) is 18.0 Å². The highest BCUT2D eigenvalue weighted by Crippen LogP contribution is 2.60. The van der Waals surface area contributed by atoms with E-state index in [1.807, 2.05) is 6.07 Å². The summed E-state index contributed by atoms with van der Waals surface area (Å²) >= 11 is 0. The Morgan fingerprint density at radius 2 is 2.09 bits per heavy atom. The molecular weight excluding hydrogens is 290 g/mol. The summed E-state index contributed by atoms with van der Waals surface area (Å²) in [5.41, 5.74) is 9.65. The van der Waals surface area contributed by atoms with Gasteiger partial charge < -0.3 is 5.32 Å². The van der Waals surface area contributed by atoms with Crippen LogP contribution in [0.2, 0.25) is 0 Å². The predicted octanol–water partition coefficient (Wildman–Crippen LogP) is 3.40. The van der Waals surface area contributed by atoms with Gasteiger partial charge in [-0.25, -0.2) is 0 Å². The van der Waals surface area contributed by atoms with Crippen molar-refractivity contribution in [3.8, 4) is 6.07 Å². The first-order valence-electron chi connectivity index (χ1n) is 8.03. The van der Waals surface area contributed by atoms with Gasteiger partial charge in [-0.15, -0.1) is 0 Å². The van der Waals surface area contributed by atoms with Gasteiger partial charge in [0.1, 0.15) is 0 Å². The second kappa shape index (κ2) is 6.31. The van der Waals surface area contributed by atoms with Crippen molar-refractivity contribution in [2.24, 2.45) is 22.9 Å². The number of fused-ring (bicyclic) bond motifs is 1. The Balaban J connectivity index is 1.59. The number of azide groups is 1. The summed E-state index contributed by atoms with van der Waals surface area (Å²) in [6.07, 6.45) is 2.79. The number of nitrogens with one attached hydrogen (secondary N) is 1. The third kappa shape index (κ3) is 3.01. The average molecular weight is 309 g/mol. The first-order valence-corrected chi connectivity index (χ1v) is 8.03. The van der Waals surface area contributed by atoms with Gasteiger partial charge in [0.05, 0.1) is 11.6 Å². The molecule has 0 aliphatic heterocycles. The van der Waals surface area contributed by atoms with Gasteiger partial charge in [-0.1, -0.05) is 12.0 Å². The first-order chi connectivity index (χ1) is 11.2. The molecule has 118 valence electrons. The molecule has 2 aliphatic rings. The van der Waals surface area contributed by atoms with Gasteiger partial charge >= 0.3 is 0 Å². The molecule has 23 heavy (non-hydrogen) atoms. The molecule has 0 bridgehead atoms. The standard InChI is InChI=1S/C17H19N5O/c1-2-15(16-13-7-12(21-22-19)8-14(13)16)20-17(23)11-5-3-10(9-18)4-6-11/h3-6,12-16H,2,7-8H2,1H3,(H,20,23)/t12?,13-,14+,15-,16+/m1/s1. The molecule has 2 aliphatic carbocycles. The lowest BCUT2D eigenvalue weighted by Gasteiger charge is -2.20. The minimum Gasteiger partial charge on any atom is -0.349 e. The summed E-state index contributed by atoms with van der Waals surface area (Å²) in [7, 11) is 0. The highest BCUT2D eigenvalue weighted by molar-refractivity contribution is 5.94. The largest absolute Gasteiger partial charge is 0.349 e. The number of nitriles is 1. The van der Waals surface area contributed by atoms with Crippen LogP contribution >= 0.6 is 0 Å². The molecule has 1 amide bonds. The van der Waals surface area contributed by atoms with Crippen LogP contribution in [0.15, 0.2) is 29.4 Å². The maximum Gasteiger partial charge on any atom is 0.251 e. The molecule has 1 aromatic rings. The van der Waals surface area contributed by atoms with E-state index in [4.69, 9.17) is 10.8 Å². The van der Waals surface area contributed by atoms with Crippen molar-refractivity contribution in [1.82, 2.24) is 5.32 Å². The van der Waals surface area contributed by atoms with E-state index in [2.05, 4.69) is 22.3 Å². The lowest BCUT2D eigenvalue weighted by molar-refractivity contribution is 0.0927. The lowest BCUT2D eigenvalue weighted by Crippen LogP contribution is -2.37. The van der Waals surface area contributed by atoms with Crippen LogP contribution in [0.5, 0.6) is 0 Å². The van der Waals surface area contributed by atoms with Crippen molar-refractivity contribution >= 4 is 5.91 Å². The Morgan fingerprint density at radius 3 is 2.61 bits per heavy atom. The summed E-state index contributed by atoms with van der Waals surface area (Å²) in [4.78, 5) is 15.3. The molecule has 0 saturated heterocycles. The quantitative estimate of drug-likeness (QED) is 0.512. The van der Waals surface area contributed by atoms with E-state index in [9.17, 15) is 4.79 Å². The number of carbonyl (C=O) groups is 1. The van der Waals surface area contributed by atoms with Gasteiger partial charge in [0.15, 0.2) is 0 Å². The zero-order chi connectivity index (χ0) is 16.4. The molecule has 0 heterocycles. The van der Waals surface area contributed by atoms with Gasteiger partial charge in [-0.2, -0.15) is 5.26 Å². The fourth-order valence-electron chi connectivity index (χ4n) is 4.05. The molecule has 3 rings (SSSR count). The van der Waals surface area contributed by atoms with E-state index in [-0.39, 0.29) is 18.0 Å². The van der Waals surface area contributed by atoms with Gasteiger partial charge in [0, 0.05) is 22.6 Å². The molecule has 0 spiro atoms. The molecule has 0 radical (unpaired) electrons. The molecule has 2 saturated carbocycles. The van der Waals surface area contributed by atoms with Crippen LogP contribution in [0, 0.1) is 29.1 Å². The van der Waals surface area contributed by atoms with Crippen LogP contribution in [-0.2, 0) is 0 Å².